The molecule has 3 heteroatoms. The maximum Gasteiger partial charge on any atom is 0.101 e. The van der Waals surface area contributed by atoms with Gasteiger partial charge in [-0.2, -0.15) is 5.26 Å². The average molecular weight is 189 g/mol. The van der Waals surface area contributed by atoms with Gasteiger partial charge in [0.1, 0.15) is 6.07 Å². The highest BCUT2D eigenvalue weighted by atomic mass is 14.9. The molecule has 1 saturated heterocycles. The maximum atomic E-state index is 8.92. The van der Waals surface area contributed by atoms with Crippen LogP contribution in [0.5, 0.6) is 0 Å². The molecular formula is C11H15N3. The smallest absolute Gasteiger partial charge is 0.101 e. The van der Waals surface area contributed by atoms with E-state index in [9.17, 15) is 0 Å². The van der Waals surface area contributed by atoms with Gasteiger partial charge >= 0.3 is 0 Å². The van der Waals surface area contributed by atoms with Crippen LogP contribution in [0.1, 0.15) is 12.8 Å². The molecule has 2 N–H and O–H groups in total. The molecule has 2 aliphatic heterocycles. The van der Waals surface area contributed by atoms with E-state index in [0.717, 1.165) is 37.3 Å². The summed E-state index contributed by atoms with van der Waals surface area (Å²) in [7, 11) is 0. The van der Waals surface area contributed by atoms with Crippen molar-refractivity contribution < 1.29 is 0 Å². The molecule has 1 atom stereocenters. The second kappa shape index (κ2) is 4.30. The van der Waals surface area contributed by atoms with Crippen LogP contribution in [0.15, 0.2) is 23.4 Å². The van der Waals surface area contributed by atoms with Gasteiger partial charge < -0.3 is 10.6 Å². The van der Waals surface area contributed by atoms with E-state index in [1.54, 1.807) is 0 Å². The van der Waals surface area contributed by atoms with Gasteiger partial charge in [0.15, 0.2) is 0 Å². The SMILES string of the molecule is N#CC1=C(CC2CCNC2)NCC=C1. The van der Waals surface area contributed by atoms with E-state index in [4.69, 9.17) is 5.26 Å². The lowest BCUT2D eigenvalue weighted by atomic mass is 9.98. The average Bonchev–Trinajstić information content (AvgIpc) is 2.71. The van der Waals surface area contributed by atoms with Gasteiger partial charge in [-0.05, 0) is 37.9 Å². The van der Waals surface area contributed by atoms with Gasteiger partial charge in [0.2, 0.25) is 0 Å². The Labute approximate surface area is 84.5 Å². The molecule has 0 spiro atoms. The highest BCUT2D eigenvalue weighted by Gasteiger charge is 2.18. The Morgan fingerprint density at radius 1 is 1.57 bits per heavy atom. The van der Waals surface area contributed by atoms with E-state index in [0.29, 0.717) is 5.92 Å². The van der Waals surface area contributed by atoms with Crippen LogP contribution in [0.3, 0.4) is 0 Å². The van der Waals surface area contributed by atoms with Crippen LogP contribution in [0, 0.1) is 17.2 Å². The van der Waals surface area contributed by atoms with Gasteiger partial charge in [-0.1, -0.05) is 6.08 Å². The van der Waals surface area contributed by atoms with E-state index < -0.39 is 0 Å². The summed E-state index contributed by atoms with van der Waals surface area (Å²) in [5.41, 5.74) is 1.94. The molecule has 0 aromatic carbocycles. The van der Waals surface area contributed by atoms with Gasteiger partial charge in [-0.3, -0.25) is 0 Å². The molecule has 0 radical (unpaired) electrons. The molecule has 0 aromatic heterocycles. The fourth-order valence-corrected chi connectivity index (χ4v) is 2.02. The monoisotopic (exact) mass is 189 g/mol. The van der Waals surface area contributed by atoms with Crippen LogP contribution < -0.4 is 10.6 Å². The quantitative estimate of drug-likeness (QED) is 0.679. The zero-order valence-corrected chi connectivity index (χ0v) is 8.21. The van der Waals surface area contributed by atoms with Crippen molar-refractivity contribution in [3.8, 4) is 6.07 Å². The molecule has 0 aliphatic carbocycles. The van der Waals surface area contributed by atoms with E-state index in [1.165, 1.54) is 6.42 Å². The molecule has 0 aromatic rings. The number of nitriles is 1. The summed E-state index contributed by atoms with van der Waals surface area (Å²) in [5, 5.41) is 15.6. The minimum atomic E-state index is 0.701. The first-order valence-electron chi connectivity index (χ1n) is 5.14. The molecule has 0 saturated carbocycles. The van der Waals surface area contributed by atoms with Crippen molar-refractivity contribution in [2.75, 3.05) is 19.6 Å². The Morgan fingerprint density at radius 3 is 3.21 bits per heavy atom. The number of nitrogens with one attached hydrogen (secondary N) is 2. The van der Waals surface area contributed by atoms with E-state index in [-0.39, 0.29) is 0 Å². The third-order valence-electron chi connectivity index (χ3n) is 2.82. The van der Waals surface area contributed by atoms with Crippen LogP contribution in [0.25, 0.3) is 0 Å². The summed E-state index contributed by atoms with van der Waals surface area (Å²) < 4.78 is 0. The molecular weight excluding hydrogens is 174 g/mol. The van der Waals surface area contributed by atoms with Crippen molar-refractivity contribution in [2.24, 2.45) is 5.92 Å². The van der Waals surface area contributed by atoms with Gasteiger partial charge in [-0.15, -0.1) is 0 Å². The maximum absolute atomic E-state index is 8.92. The Kier molecular flexibility index (Phi) is 2.85. The molecule has 2 heterocycles. The van der Waals surface area contributed by atoms with Crippen molar-refractivity contribution in [3.05, 3.63) is 23.4 Å². The molecule has 3 nitrogen and oxygen atoms in total. The van der Waals surface area contributed by atoms with Crippen molar-refractivity contribution in [2.45, 2.75) is 12.8 Å². The fourth-order valence-electron chi connectivity index (χ4n) is 2.02. The van der Waals surface area contributed by atoms with Crippen molar-refractivity contribution in [1.29, 1.82) is 5.26 Å². The summed E-state index contributed by atoms with van der Waals surface area (Å²) >= 11 is 0. The third kappa shape index (κ3) is 1.97. The van der Waals surface area contributed by atoms with Gasteiger partial charge in [0.05, 0.1) is 5.57 Å². The standard InChI is InChI=1S/C11H15N3/c12-7-10-2-1-4-14-11(10)6-9-3-5-13-8-9/h1-2,9,13-14H,3-6,8H2. The van der Waals surface area contributed by atoms with Crippen LogP contribution in [0.2, 0.25) is 0 Å². The number of nitrogens with zero attached hydrogens (tertiary/aromatic N) is 1. The Bertz CT molecular complexity index is 303. The van der Waals surface area contributed by atoms with E-state index >= 15 is 0 Å². The van der Waals surface area contributed by atoms with Gasteiger partial charge in [-0.25, -0.2) is 0 Å². The number of hydrogen-bond acceptors (Lipinski definition) is 3. The zero-order chi connectivity index (χ0) is 9.80. The lowest BCUT2D eigenvalue weighted by Crippen LogP contribution is -2.21. The van der Waals surface area contributed by atoms with Gasteiger partial charge in [0.25, 0.3) is 0 Å². The van der Waals surface area contributed by atoms with E-state index in [2.05, 4.69) is 16.7 Å². The zero-order valence-electron chi connectivity index (χ0n) is 8.21. The minimum Gasteiger partial charge on any atom is -0.384 e. The molecule has 0 bridgehead atoms. The normalized spacial score (nSPS) is 26.1. The van der Waals surface area contributed by atoms with Crippen molar-refractivity contribution in [3.63, 3.8) is 0 Å². The first kappa shape index (κ1) is 9.29. The summed E-state index contributed by atoms with van der Waals surface area (Å²) in [6, 6.07) is 2.24. The lowest BCUT2D eigenvalue weighted by Gasteiger charge is -2.17. The molecule has 2 aliphatic rings. The van der Waals surface area contributed by atoms with E-state index in [1.807, 2.05) is 12.2 Å². The highest BCUT2D eigenvalue weighted by molar-refractivity contribution is 5.39. The molecule has 74 valence electrons. The third-order valence-corrected chi connectivity index (χ3v) is 2.82. The first-order valence-corrected chi connectivity index (χ1v) is 5.14. The summed E-state index contributed by atoms with van der Waals surface area (Å²) in [5.74, 6) is 0.701. The second-order valence-electron chi connectivity index (χ2n) is 3.85. The molecule has 1 fully saturated rings. The topological polar surface area (TPSA) is 47.9 Å². The lowest BCUT2D eigenvalue weighted by molar-refractivity contribution is 0.553. The van der Waals surface area contributed by atoms with Crippen LogP contribution >= 0.6 is 0 Å². The fraction of sp³-hybridized carbons (Fsp3) is 0.545. The van der Waals surface area contributed by atoms with Crippen LogP contribution in [-0.4, -0.2) is 19.6 Å². The molecule has 14 heavy (non-hydrogen) atoms. The van der Waals surface area contributed by atoms with Crippen LogP contribution in [-0.2, 0) is 0 Å². The largest absolute Gasteiger partial charge is 0.384 e. The number of dihydropyridines is 1. The highest BCUT2D eigenvalue weighted by Crippen LogP contribution is 2.20. The predicted molar refractivity (Wildman–Crippen MR) is 55.4 cm³/mol. The second-order valence-corrected chi connectivity index (χ2v) is 3.85. The summed E-state index contributed by atoms with van der Waals surface area (Å²) in [6.07, 6.45) is 6.16. The number of rotatable bonds is 2. The number of hydrogen-bond donors (Lipinski definition) is 2. The minimum absolute atomic E-state index is 0.701. The molecule has 1 unspecified atom stereocenters. The van der Waals surface area contributed by atoms with Gasteiger partial charge in [0, 0.05) is 12.2 Å². The number of allylic oxidation sites excluding steroid dienone is 3. The predicted octanol–water partition coefficient (Wildman–Crippen LogP) is 0.923. The Hall–Kier alpha value is -1.27. The van der Waals surface area contributed by atoms with Crippen LogP contribution in [0.4, 0.5) is 0 Å². The summed E-state index contributed by atoms with van der Waals surface area (Å²) in [6.45, 7) is 3.07. The Morgan fingerprint density at radius 2 is 2.50 bits per heavy atom. The Balaban J connectivity index is 2.04. The molecule has 0 amide bonds. The molecule has 2 rings (SSSR count). The van der Waals surface area contributed by atoms with Crippen molar-refractivity contribution in [1.82, 2.24) is 10.6 Å². The van der Waals surface area contributed by atoms with Crippen molar-refractivity contribution >= 4 is 0 Å². The first-order chi connectivity index (χ1) is 6.90. The summed E-state index contributed by atoms with van der Waals surface area (Å²) in [4.78, 5) is 0.